The van der Waals surface area contributed by atoms with Gasteiger partial charge in [-0.2, -0.15) is 5.10 Å². The lowest BCUT2D eigenvalue weighted by atomic mass is 9.93. The summed E-state index contributed by atoms with van der Waals surface area (Å²) in [6.45, 7) is 0. The number of aryl methyl sites for hydroxylation is 1. The van der Waals surface area contributed by atoms with Crippen molar-refractivity contribution in [3.63, 3.8) is 0 Å². The van der Waals surface area contributed by atoms with Gasteiger partial charge in [-0.05, 0) is 31.0 Å². The summed E-state index contributed by atoms with van der Waals surface area (Å²) < 4.78 is 15.0. The number of carbonyl (C=O) groups is 1. The number of halogens is 1. The van der Waals surface area contributed by atoms with Gasteiger partial charge in [0.1, 0.15) is 5.82 Å². The van der Waals surface area contributed by atoms with Gasteiger partial charge in [-0.25, -0.2) is 14.1 Å². The molecular formula is C16H13FN4O. The Bertz CT molecular complexity index is 916. The number of Topliss-reactive ketones (excluding diaryl/α,β-unsaturated/α-hetero) is 1. The lowest BCUT2D eigenvalue weighted by Gasteiger charge is -2.16. The number of anilines is 1. The number of rotatable bonds is 1. The molecule has 2 heterocycles. The van der Waals surface area contributed by atoms with Gasteiger partial charge in [-0.15, -0.1) is 0 Å². The number of hydrogen-bond acceptors (Lipinski definition) is 4. The van der Waals surface area contributed by atoms with Gasteiger partial charge in [-0.3, -0.25) is 4.79 Å². The summed E-state index contributed by atoms with van der Waals surface area (Å²) in [7, 11) is 0. The van der Waals surface area contributed by atoms with Crippen molar-refractivity contribution in [3.8, 4) is 5.69 Å². The molecule has 3 aromatic rings. The smallest absolute Gasteiger partial charge is 0.166 e. The van der Waals surface area contributed by atoms with Gasteiger partial charge in [0.2, 0.25) is 0 Å². The van der Waals surface area contributed by atoms with Crippen LogP contribution in [-0.4, -0.2) is 20.5 Å². The number of nitrogens with two attached hydrogens (primary N) is 1. The van der Waals surface area contributed by atoms with Crippen molar-refractivity contribution in [2.24, 2.45) is 0 Å². The summed E-state index contributed by atoms with van der Waals surface area (Å²) in [5.41, 5.74) is 8.95. The molecule has 4 rings (SSSR count). The Balaban J connectivity index is 2.00. The molecule has 0 spiro atoms. The summed E-state index contributed by atoms with van der Waals surface area (Å²) in [4.78, 5) is 16.6. The second-order valence-corrected chi connectivity index (χ2v) is 5.40. The Labute approximate surface area is 125 Å². The molecule has 6 heteroatoms. The van der Waals surface area contributed by atoms with Crippen LogP contribution in [0.4, 0.5) is 10.1 Å². The molecule has 5 nitrogen and oxygen atoms in total. The van der Waals surface area contributed by atoms with Crippen molar-refractivity contribution in [1.82, 2.24) is 14.8 Å². The second kappa shape index (κ2) is 4.62. The number of carbonyl (C=O) groups excluding carboxylic acids is 1. The fourth-order valence-corrected chi connectivity index (χ4v) is 2.94. The number of fused-ring (bicyclic) bond motifs is 2. The number of nitrogen functional groups attached to an aromatic ring is 1. The highest BCUT2D eigenvalue weighted by molar-refractivity contribution is 6.08. The minimum absolute atomic E-state index is 0.0339. The number of hydrogen-bond donors (Lipinski definition) is 1. The largest absolute Gasteiger partial charge is 0.397 e. The molecule has 0 saturated carbocycles. The van der Waals surface area contributed by atoms with E-state index >= 15 is 0 Å². The van der Waals surface area contributed by atoms with Gasteiger partial charge in [0.15, 0.2) is 11.4 Å². The van der Waals surface area contributed by atoms with Crippen LogP contribution in [0.1, 0.15) is 28.9 Å². The van der Waals surface area contributed by atoms with Crippen LogP contribution in [0.2, 0.25) is 0 Å². The summed E-state index contributed by atoms with van der Waals surface area (Å²) >= 11 is 0. The van der Waals surface area contributed by atoms with E-state index < -0.39 is 0 Å². The van der Waals surface area contributed by atoms with Crippen LogP contribution < -0.4 is 5.73 Å². The van der Waals surface area contributed by atoms with E-state index in [2.05, 4.69) is 10.1 Å². The van der Waals surface area contributed by atoms with Crippen LogP contribution in [0.5, 0.6) is 0 Å². The van der Waals surface area contributed by atoms with Gasteiger partial charge < -0.3 is 5.73 Å². The van der Waals surface area contributed by atoms with Crippen LogP contribution in [0, 0.1) is 5.82 Å². The number of benzene rings is 1. The lowest BCUT2D eigenvalue weighted by molar-refractivity contribution is 0.0972. The van der Waals surface area contributed by atoms with Gasteiger partial charge in [-0.1, -0.05) is 6.07 Å². The predicted molar refractivity (Wildman–Crippen MR) is 80.5 cm³/mol. The van der Waals surface area contributed by atoms with E-state index in [9.17, 15) is 9.18 Å². The van der Waals surface area contributed by atoms with Crippen LogP contribution in [0.15, 0.2) is 30.5 Å². The Morgan fingerprint density at radius 3 is 2.95 bits per heavy atom. The minimum Gasteiger partial charge on any atom is -0.397 e. The highest BCUT2D eigenvalue weighted by Crippen LogP contribution is 2.31. The molecule has 0 amide bonds. The molecule has 0 unspecified atom stereocenters. The normalized spacial score (nSPS) is 14.3. The number of aromatic nitrogens is 3. The van der Waals surface area contributed by atoms with E-state index in [1.54, 1.807) is 23.0 Å². The van der Waals surface area contributed by atoms with Crippen LogP contribution in [0.25, 0.3) is 16.7 Å². The Morgan fingerprint density at radius 1 is 1.27 bits per heavy atom. The van der Waals surface area contributed by atoms with Crippen molar-refractivity contribution in [2.75, 3.05) is 5.73 Å². The van der Waals surface area contributed by atoms with Gasteiger partial charge in [0.05, 0.1) is 34.2 Å². The van der Waals surface area contributed by atoms with Crippen molar-refractivity contribution in [3.05, 3.63) is 47.5 Å². The molecule has 0 aliphatic heterocycles. The quantitative estimate of drug-likeness (QED) is 0.749. The highest BCUT2D eigenvalue weighted by Gasteiger charge is 2.24. The SMILES string of the molecule is Nc1c2c(nc3c1cnn3-c1cccc(F)c1)CCCC2=O. The summed E-state index contributed by atoms with van der Waals surface area (Å²) in [5.74, 6) is -0.311. The van der Waals surface area contributed by atoms with E-state index in [-0.39, 0.29) is 11.6 Å². The molecule has 110 valence electrons. The third kappa shape index (κ3) is 1.80. The van der Waals surface area contributed by atoms with E-state index in [0.717, 1.165) is 12.8 Å². The minimum atomic E-state index is -0.345. The summed E-state index contributed by atoms with van der Waals surface area (Å²) in [6.07, 6.45) is 3.57. The van der Waals surface area contributed by atoms with Crippen molar-refractivity contribution < 1.29 is 9.18 Å². The molecule has 1 aliphatic carbocycles. The number of pyridine rings is 1. The number of ketones is 1. The first-order chi connectivity index (χ1) is 10.6. The maximum atomic E-state index is 13.4. The first-order valence-electron chi connectivity index (χ1n) is 7.10. The molecule has 22 heavy (non-hydrogen) atoms. The number of nitrogens with zero attached hydrogens (tertiary/aromatic N) is 3. The van der Waals surface area contributed by atoms with Crippen molar-refractivity contribution in [2.45, 2.75) is 19.3 Å². The average molecular weight is 296 g/mol. The first kappa shape index (κ1) is 12.9. The molecule has 0 fully saturated rings. The Morgan fingerprint density at radius 2 is 2.14 bits per heavy atom. The molecule has 1 aliphatic rings. The lowest BCUT2D eigenvalue weighted by Crippen LogP contribution is -2.16. The Hall–Kier alpha value is -2.76. The maximum absolute atomic E-state index is 13.4. The van der Waals surface area contributed by atoms with Gasteiger partial charge in [0.25, 0.3) is 0 Å². The van der Waals surface area contributed by atoms with Gasteiger partial charge >= 0.3 is 0 Å². The van der Waals surface area contributed by atoms with Crippen molar-refractivity contribution >= 4 is 22.5 Å². The third-order valence-corrected chi connectivity index (χ3v) is 3.98. The maximum Gasteiger partial charge on any atom is 0.166 e. The molecule has 0 atom stereocenters. The monoisotopic (exact) mass is 296 g/mol. The van der Waals surface area contributed by atoms with Gasteiger partial charge in [0, 0.05) is 6.42 Å². The molecule has 2 N–H and O–H groups in total. The van der Waals surface area contributed by atoms with Crippen LogP contribution in [-0.2, 0) is 6.42 Å². The summed E-state index contributed by atoms with van der Waals surface area (Å²) in [5, 5.41) is 4.88. The Kier molecular flexibility index (Phi) is 2.72. The second-order valence-electron chi connectivity index (χ2n) is 5.40. The predicted octanol–water partition coefficient (Wildman–Crippen LogP) is 2.66. The fraction of sp³-hybridized carbons (Fsp3) is 0.188. The zero-order valence-electron chi connectivity index (χ0n) is 11.7. The van der Waals surface area contributed by atoms with E-state index in [0.29, 0.717) is 40.1 Å². The third-order valence-electron chi connectivity index (χ3n) is 3.98. The highest BCUT2D eigenvalue weighted by atomic mass is 19.1. The standard InChI is InChI=1S/C16H13FN4O/c17-9-3-1-4-10(7-9)21-16-11(8-19-21)15(18)14-12(20-16)5-2-6-13(14)22/h1,3-4,7-8H,2,5-6H2,(H2,18,20). The van der Waals surface area contributed by atoms with Crippen LogP contribution >= 0.6 is 0 Å². The van der Waals surface area contributed by atoms with E-state index in [1.165, 1.54) is 12.1 Å². The van der Waals surface area contributed by atoms with E-state index in [4.69, 9.17) is 5.73 Å². The molecule has 0 bridgehead atoms. The molecule has 0 radical (unpaired) electrons. The average Bonchev–Trinajstić information content (AvgIpc) is 2.91. The van der Waals surface area contributed by atoms with E-state index in [1.807, 2.05) is 0 Å². The van der Waals surface area contributed by atoms with Crippen molar-refractivity contribution in [1.29, 1.82) is 0 Å². The zero-order valence-corrected chi connectivity index (χ0v) is 11.7. The first-order valence-corrected chi connectivity index (χ1v) is 7.10. The molecular weight excluding hydrogens is 283 g/mol. The molecule has 2 aromatic heterocycles. The fourth-order valence-electron chi connectivity index (χ4n) is 2.94. The molecule has 1 aromatic carbocycles. The molecule has 0 saturated heterocycles. The summed E-state index contributed by atoms with van der Waals surface area (Å²) in [6, 6.07) is 6.12. The topological polar surface area (TPSA) is 73.8 Å². The van der Waals surface area contributed by atoms with Crippen LogP contribution in [0.3, 0.4) is 0 Å². The zero-order chi connectivity index (χ0) is 15.3.